The summed E-state index contributed by atoms with van der Waals surface area (Å²) in [5.74, 6) is -0.331. The lowest BCUT2D eigenvalue weighted by Gasteiger charge is -2.26. The third-order valence-corrected chi connectivity index (χ3v) is 7.66. The molecule has 9 heteroatoms. The van der Waals surface area contributed by atoms with Gasteiger partial charge in [-0.1, -0.05) is 36.8 Å². The van der Waals surface area contributed by atoms with Crippen LogP contribution in [0.5, 0.6) is 0 Å². The molecule has 1 aliphatic heterocycles. The number of nitrogens with zero attached hydrogens (tertiary/aromatic N) is 3. The van der Waals surface area contributed by atoms with Gasteiger partial charge in [-0.2, -0.15) is 4.31 Å². The Hall–Kier alpha value is -3.04. The number of nitrogens with one attached hydrogen (secondary N) is 1. The van der Waals surface area contributed by atoms with E-state index in [0.29, 0.717) is 24.0 Å². The fraction of sp³-hybridized carbons (Fsp3) is 0.348. The topological polar surface area (TPSA) is 101 Å². The summed E-state index contributed by atoms with van der Waals surface area (Å²) in [6.45, 7) is 2.68. The van der Waals surface area contributed by atoms with Crippen LogP contribution in [0.1, 0.15) is 37.8 Å². The maximum Gasteiger partial charge on any atom is 0.348 e. The van der Waals surface area contributed by atoms with Crippen LogP contribution in [0.2, 0.25) is 0 Å². The molecule has 1 amide bonds. The zero-order chi connectivity index (χ0) is 22.7. The van der Waals surface area contributed by atoms with Crippen LogP contribution < -0.4 is 11.0 Å². The number of piperidine rings is 1. The molecule has 1 N–H and O–H groups in total. The van der Waals surface area contributed by atoms with E-state index in [1.807, 2.05) is 37.3 Å². The first-order valence-electron chi connectivity index (χ1n) is 10.7. The molecule has 8 nitrogen and oxygen atoms in total. The molecule has 1 aromatic heterocycles. The minimum atomic E-state index is -3.61. The lowest BCUT2D eigenvalue weighted by atomic mass is 10.1. The highest BCUT2D eigenvalue weighted by Gasteiger charge is 2.26. The van der Waals surface area contributed by atoms with Gasteiger partial charge in [0.2, 0.25) is 15.9 Å². The minimum Gasteiger partial charge on any atom is -0.348 e. The molecule has 1 saturated heterocycles. The fourth-order valence-electron chi connectivity index (χ4n) is 4.00. The number of rotatable bonds is 6. The Balaban J connectivity index is 1.59. The van der Waals surface area contributed by atoms with E-state index in [1.54, 1.807) is 6.07 Å². The van der Waals surface area contributed by atoms with Gasteiger partial charge in [0, 0.05) is 24.7 Å². The number of aromatic nitrogens is 2. The van der Waals surface area contributed by atoms with Gasteiger partial charge in [-0.15, -0.1) is 0 Å². The van der Waals surface area contributed by atoms with Crippen LogP contribution >= 0.6 is 0 Å². The highest BCUT2D eigenvalue weighted by Crippen LogP contribution is 2.23. The van der Waals surface area contributed by atoms with Crippen LogP contribution in [0.4, 0.5) is 0 Å². The van der Waals surface area contributed by atoms with Gasteiger partial charge in [0.1, 0.15) is 6.54 Å². The van der Waals surface area contributed by atoms with Crippen molar-refractivity contribution in [2.45, 2.75) is 43.7 Å². The molecule has 168 valence electrons. The maximum absolute atomic E-state index is 13.0. The normalized spacial score (nSPS) is 16.0. The third kappa shape index (κ3) is 4.58. The molecule has 0 spiro atoms. The van der Waals surface area contributed by atoms with E-state index in [9.17, 15) is 18.0 Å². The van der Waals surface area contributed by atoms with Crippen LogP contribution in [0, 0.1) is 0 Å². The summed E-state index contributed by atoms with van der Waals surface area (Å²) >= 11 is 0. The number of carbonyl (C=O) groups is 1. The van der Waals surface area contributed by atoms with Gasteiger partial charge in [0.15, 0.2) is 0 Å². The Morgan fingerprint density at radius 1 is 1.09 bits per heavy atom. The molecule has 0 radical (unpaired) electrons. The van der Waals surface area contributed by atoms with E-state index in [1.165, 1.54) is 27.2 Å². The van der Waals surface area contributed by atoms with Gasteiger partial charge in [-0.05, 0) is 43.5 Å². The summed E-state index contributed by atoms with van der Waals surface area (Å²) < 4.78 is 28.7. The molecule has 2 aromatic carbocycles. The summed E-state index contributed by atoms with van der Waals surface area (Å²) in [6, 6.07) is 13.9. The average molecular weight is 455 g/mol. The fourth-order valence-corrected chi connectivity index (χ4v) is 5.56. The molecule has 4 rings (SSSR count). The van der Waals surface area contributed by atoms with Crippen molar-refractivity contribution in [1.29, 1.82) is 0 Å². The first kappa shape index (κ1) is 22.2. The molecule has 0 aliphatic carbocycles. The number of carbonyl (C=O) groups excluding carboxylic acids is 1. The molecule has 32 heavy (non-hydrogen) atoms. The predicted molar refractivity (Wildman–Crippen MR) is 122 cm³/mol. The molecule has 3 aromatic rings. The molecule has 0 saturated carbocycles. The highest BCUT2D eigenvalue weighted by molar-refractivity contribution is 7.89. The summed E-state index contributed by atoms with van der Waals surface area (Å²) in [6.07, 6.45) is 4.09. The number of sulfonamides is 1. The van der Waals surface area contributed by atoms with Gasteiger partial charge < -0.3 is 5.32 Å². The van der Waals surface area contributed by atoms with Crippen molar-refractivity contribution < 1.29 is 13.2 Å². The molecule has 0 bridgehead atoms. The minimum absolute atomic E-state index is 0.168. The van der Waals surface area contributed by atoms with Gasteiger partial charge in [-0.3, -0.25) is 9.36 Å². The third-order valence-electron chi connectivity index (χ3n) is 5.77. The van der Waals surface area contributed by atoms with E-state index in [4.69, 9.17) is 0 Å². The van der Waals surface area contributed by atoms with Gasteiger partial charge >= 0.3 is 5.69 Å². The van der Waals surface area contributed by atoms with E-state index < -0.39 is 15.7 Å². The summed E-state index contributed by atoms with van der Waals surface area (Å²) in [5, 5.41) is 3.38. The second-order valence-electron chi connectivity index (χ2n) is 8.01. The van der Waals surface area contributed by atoms with Crippen LogP contribution in [0.25, 0.3) is 10.9 Å². The number of amides is 1. The lowest BCUT2D eigenvalue weighted by molar-refractivity contribution is -0.122. The predicted octanol–water partition coefficient (Wildman–Crippen LogP) is 2.45. The summed E-state index contributed by atoms with van der Waals surface area (Å²) in [4.78, 5) is 29.0. The van der Waals surface area contributed by atoms with Crippen molar-refractivity contribution in [3.63, 3.8) is 0 Å². The van der Waals surface area contributed by atoms with Crippen molar-refractivity contribution in [2.75, 3.05) is 13.1 Å². The number of hydrogen-bond donors (Lipinski definition) is 1. The van der Waals surface area contributed by atoms with Gasteiger partial charge in [0.25, 0.3) is 0 Å². The Labute approximate surface area is 186 Å². The van der Waals surface area contributed by atoms with Crippen molar-refractivity contribution in [2.24, 2.45) is 0 Å². The van der Waals surface area contributed by atoms with E-state index in [-0.39, 0.29) is 23.4 Å². The number of benzene rings is 2. The number of fused-ring (bicyclic) bond motifs is 1. The standard InChI is InChI=1S/C23H26N4O4S/c1-17(18-8-4-2-5-9-18)25-22(28)16-27-21-11-10-20(14-19(21)15-24-23(27)29)32(30,31)26-12-6-3-7-13-26/h2,4-5,8-11,14-15,17H,3,6-7,12-13,16H2,1H3,(H,25,28)/t17-/m0/s1. The van der Waals surface area contributed by atoms with Crippen LogP contribution in [0.3, 0.4) is 0 Å². The van der Waals surface area contributed by atoms with Crippen molar-refractivity contribution in [3.05, 3.63) is 70.8 Å². The molecular formula is C23H26N4O4S. The average Bonchev–Trinajstić information content (AvgIpc) is 2.81. The second kappa shape index (κ2) is 9.22. The first-order valence-corrected chi connectivity index (χ1v) is 12.1. The Morgan fingerprint density at radius 3 is 2.53 bits per heavy atom. The summed E-state index contributed by atoms with van der Waals surface area (Å²) in [5.41, 5.74) is 0.855. The van der Waals surface area contributed by atoms with Crippen LogP contribution in [-0.2, 0) is 21.4 Å². The molecule has 1 fully saturated rings. The first-order chi connectivity index (χ1) is 15.4. The van der Waals surface area contributed by atoms with E-state index in [0.717, 1.165) is 24.8 Å². The summed E-state index contributed by atoms with van der Waals surface area (Å²) in [7, 11) is -3.61. The molecule has 2 heterocycles. The van der Waals surface area contributed by atoms with E-state index >= 15 is 0 Å². The SMILES string of the molecule is C[C@H](NC(=O)Cn1c(=O)ncc2cc(S(=O)(=O)N3CCCCC3)ccc21)c1ccccc1. The Bertz CT molecular complexity index is 1280. The smallest absolute Gasteiger partial charge is 0.348 e. The molecular weight excluding hydrogens is 428 g/mol. The van der Waals surface area contributed by atoms with Crippen LogP contribution in [0.15, 0.2) is 64.4 Å². The van der Waals surface area contributed by atoms with Gasteiger partial charge in [0.05, 0.1) is 16.5 Å². The molecule has 0 unspecified atom stereocenters. The zero-order valence-corrected chi connectivity index (χ0v) is 18.7. The quantitative estimate of drug-likeness (QED) is 0.617. The second-order valence-corrected chi connectivity index (χ2v) is 9.95. The van der Waals surface area contributed by atoms with Crippen molar-refractivity contribution in [1.82, 2.24) is 19.2 Å². The van der Waals surface area contributed by atoms with Crippen LogP contribution in [-0.4, -0.2) is 41.3 Å². The maximum atomic E-state index is 13.0. The Morgan fingerprint density at radius 2 is 1.81 bits per heavy atom. The molecule has 1 aliphatic rings. The molecule has 1 atom stereocenters. The van der Waals surface area contributed by atoms with Crippen molar-refractivity contribution in [3.8, 4) is 0 Å². The van der Waals surface area contributed by atoms with Gasteiger partial charge in [-0.25, -0.2) is 18.2 Å². The number of hydrogen-bond acceptors (Lipinski definition) is 5. The van der Waals surface area contributed by atoms with Crippen molar-refractivity contribution >= 4 is 26.8 Å². The van der Waals surface area contributed by atoms with E-state index in [2.05, 4.69) is 10.3 Å². The lowest BCUT2D eigenvalue weighted by Crippen LogP contribution is -2.36. The zero-order valence-electron chi connectivity index (χ0n) is 17.9. The highest BCUT2D eigenvalue weighted by atomic mass is 32.2. The Kier molecular flexibility index (Phi) is 6.38. The largest absolute Gasteiger partial charge is 0.348 e. The monoisotopic (exact) mass is 454 g/mol.